The van der Waals surface area contributed by atoms with Gasteiger partial charge in [-0.3, -0.25) is 9.69 Å². The molecule has 1 N–H and O–H groups in total. The molecule has 3 aromatic heterocycles. The van der Waals surface area contributed by atoms with Gasteiger partial charge >= 0.3 is 0 Å². The van der Waals surface area contributed by atoms with Crippen molar-refractivity contribution in [1.29, 1.82) is 0 Å². The molecule has 146 valence electrons. The Balaban J connectivity index is 1.19. The lowest BCUT2D eigenvalue weighted by Gasteiger charge is -2.35. The molecular formula is C20H23N5O2S. The van der Waals surface area contributed by atoms with Crippen LogP contribution in [0.15, 0.2) is 29.1 Å². The van der Waals surface area contributed by atoms with Crippen molar-refractivity contribution < 1.29 is 9.21 Å². The Bertz CT molecular complexity index is 976. The molecule has 0 aromatic carbocycles. The molecule has 2 aliphatic rings. The Morgan fingerprint density at radius 1 is 1.21 bits per heavy atom. The van der Waals surface area contributed by atoms with Gasteiger partial charge in [0.25, 0.3) is 5.91 Å². The Labute approximate surface area is 167 Å². The minimum absolute atomic E-state index is 0.154. The first-order valence-corrected chi connectivity index (χ1v) is 10.7. The van der Waals surface area contributed by atoms with Crippen molar-refractivity contribution in [3.05, 3.63) is 40.9 Å². The highest BCUT2D eigenvalue weighted by Gasteiger charge is 2.25. The van der Waals surface area contributed by atoms with Gasteiger partial charge in [0.05, 0.1) is 11.6 Å². The molecule has 0 saturated carbocycles. The molecule has 7 nitrogen and oxygen atoms in total. The normalized spacial score (nSPS) is 17.2. The van der Waals surface area contributed by atoms with E-state index in [1.165, 1.54) is 34.9 Å². The highest BCUT2D eigenvalue weighted by molar-refractivity contribution is 7.19. The summed E-state index contributed by atoms with van der Waals surface area (Å²) in [4.78, 5) is 28.5. The SMILES string of the molecule is O=C(NCCN1CCN(c2ncnc3sc4c(c23)CCC4)CC1)c1ccco1. The predicted molar refractivity (Wildman–Crippen MR) is 109 cm³/mol. The second kappa shape index (κ2) is 7.52. The summed E-state index contributed by atoms with van der Waals surface area (Å²) >= 11 is 1.84. The second-order valence-corrected chi connectivity index (χ2v) is 8.38. The first kappa shape index (κ1) is 17.6. The molecule has 1 fully saturated rings. The van der Waals surface area contributed by atoms with E-state index < -0.39 is 0 Å². The molecule has 3 aromatic rings. The predicted octanol–water partition coefficient (Wildman–Crippen LogP) is 2.33. The van der Waals surface area contributed by atoms with Crippen molar-refractivity contribution in [3.63, 3.8) is 0 Å². The fourth-order valence-electron chi connectivity index (χ4n) is 4.16. The van der Waals surface area contributed by atoms with Crippen LogP contribution in [0.4, 0.5) is 5.82 Å². The van der Waals surface area contributed by atoms with Gasteiger partial charge in [0, 0.05) is 44.1 Å². The summed E-state index contributed by atoms with van der Waals surface area (Å²) in [7, 11) is 0. The van der Waals surface area contributed by atoms with Gasteiger partial charge in [0.2, 0.25) is 0 Å². The summed E-state index contributed by atoms with van der Waals surface area (Å²) < 4.78 is 5.12. The van der Waals surface area contributed by atoms with Crippen LogP contribution >= 0.6 is 11.3 Å². The minimum Gasteiger partial charge on any atom is -0.459 e. The number of carbonyl (C=O) groups is 1. The number of hydrogen-bond donors (Lipinski definition) is 1. The molecule has 5 rings (SSSR count). The van der Waals surface area contributed by atoms with Crippen molar-refractivity contribution in [2.75, 3.05) is 44.2 Å². The maximum atomic E-state index is 11.9. The van der Waals surface area contributed by atoms with E-state index in [4.69, 9.17) is 4.42 Å². The monoisotopic (exact) mass is 397 g/mol. The van der Waals surface area contributed by atoms with E-state index in [0.717, 1.165) is 49.8 Å². The van der Waals surface area contributed by atoms with Crippen molar-refractivity contribution in [1.82, 2.24) is 20.2 Å². The molecular weight excluding hydrogens is 374 g/mol. The van der Waals surface area contributed by atoms with Crippen molar-refractivity contribution >= 4 is 33.3 Å². The molecule has 8 heteroatoms. The van der Waals surface area contributed by atoms with Crippen LogP contribution in [0, 0.1) is 0 Å². The van der Waals surface area contributed by atoms with Crippen molar-refractivity contribution in [2.45, 2.75) is 19.3 Å². The van der Waals surface area contributed by atoms with Gasteiger partial charge in [-0.1, -0.05) is 0 Å². The van der Waals surface area contributed by atoms with Crippen LogP contribution in [0.2, 0.25) is 0 Å². The number of aromatic nitrogens is 2. The highest BCUT2D eigenvalue weighted by Crippen LogP contribution is 2.40. The number of piperazine rings is 1. The van der Waals surface area contributed by atoms with Gasteiger partial charge in [-0.15, -0.1) is 11.3 Å². The van der Waals surface area contributed by atoms with Crippen LogP contribution in [0.25, 0.3) is 10.2 Å². The lowest BCUT2D eigenvalue weighted by Crippen LogP contribution is -2.48. The zero-order chi connectivity index (χ0) is 18.9. The maximum Gasteiger partial charge on any atom is 0.287 e. The van der Waals surface area contributed by atoms with Gasteiger partial charge < -0.3 is 14.6 Å². The third kappa shape index (κ3) is 3.27. The third-order valence-electron chi connectivity index (χ3n) is 5.61. The number of rotatable bonds is 5. The molecule has 0 unspecified atom stereocenters. The molecule has 1 aliphatic carbocycles. The number of carbonyl (C=O) groups excluding carboxylic acids is 1. The van der Waals surface area contributed by atoms with Crippen LogP contribution < -0.4 is 10.2 Å². The van der Waals surface area contributed by atoms with Gasteiger partial charge in [-0.25, -0.2) is 9.97 Å². The fourth-order valence-corrected chi connectivity index (χ4v) is 5.38. The van der Waals surface area contributed by atoms with E-state index in [9.17, 15) is 4.79 Å². The lowest BCUT2D eigenvalue weighted by atomic mass is 10.1. The number of nitrogens with one attached hydrogen (secondary N) is 1. The molecule has 1 amide bonds. The molecule has 0 atom stereocenters. The van der Waals surface area contributed by atoms with Gasteiger partial charge in [0.15, 0.2) is 5.76 Å². The first-order valence-electron chi connectivity index (χ1n) is 9.84. The van der Waals surface area contributed by atoms with E-state index in [2.05, 4.69) is 25.1 Å². The molecule has 1 saturated heterocycles. The zero-order valence-electron chi connectivity index (χ0n) is 15.7. The van der Waals surface area contributed by atoms with Crippen LogP contribution in [0.3, 0.4) is 0 Å². The van der Waals surface area contributed by atoms with Crippen LogP contribution in [-0.4, -0.2) is 60.0 Å². The van der Waals surface area contributed by atoms with E-state index in [0.29, 0.717) is 12.3 Å². The number of thiophene rings is 1. The maximum absolute atomic E-state index is 11.9. The van der Waals surface area contributed by atoms with Crippen LogP contribution in [-0.2, 0) is 12.8 Å². The largest absolute Gasteiger partial charge is 0.459 e. The Morgan fingerprint density at radius 2 is 2.11 bits per heavy atom. The molecule has 0 spiro atoms. The lowest BCUT2D eigenvalue weighted by molar-refractivity contribution is 0.0920. The quantitative estimate of drug-likeness (QED) is 0.712. The van der Waals surface area contributed by atoms with Gasteiger partial charge in [0.1, 0.15) is 17.0 Å². The van der Waals surface area contributed by atoms with Crippen molar-refractivity contribution in [3.8, 4) is 0 Å². The number of hydrogen-bond acceptors (Lipinski definition) is 7. The Hall–Kier alpha value is -2.45. The summed E-state index contributed by atoms with van der Waals surface area (Å²) in [6.45, 7) is 5.29. The van der Waals surface area contributed by atoms with Gasteiger partial charge in [-0.2, -0.15) is 0 Å². The molecule has 4 heterocycles. The fraction of sp³-hybridized carbons (Fsp3) is 0.450. The topological polar surface area (TPSA) is 74.5 Å². The standard InChI is InChI=1S/C20H23N5O2S/c26-19(15-4-2-12-27-15)21-6-7-24-8-10-25(11-9-24)18-17-14-3-1-5-16(14)28-20(17)23-13-22-18/h2,4,12-13H,1,3,5-11H2,(H,21,26). The first-order chi connectivity index (χ1) is 13.8. The van der Waals surface area contributed by atoms with E-state index in [1.54, 1.807) is 18.5 Å². The molecule has 28 heavy (non-hydrogen) atoms. The average molecular weight is 398 g/mol. The highest BCUT2D eigenvalue weighted by atomic mass is 32.1. The number of amides is 1. The molecule has 0 radical (unpaired) electrons. The Kier molecular flexibility index (Phi) is 4.74. The smallest absolute Gasteiger partial charge is 0.287 e. The van der Waals surface area contributed by atoms with Gasteiger partial charge in [-0.05, 0) is 37.0 Å². The van der Waals surface area contributed by atoms with Crippen molar-refractivity contribution in [2.24, 2.45) is 0 Å². The van der Waals surface area contributed by atoms with Crippen LogP contribution in [0.1, 0.15) is 27.4 Å². The Morgan fingerprint density at radius 3 is 2.93 bits per heavy atom. The van der Waals surface area contributed by atoms with Crippen LogP contribution in [0.5, 0.6) is 0 Å². The number of anilines is 1. The minimum atomic E-state index is -0.154. The number of aryl methyl sites for hydroxylation is 2. The van der Waals surface area contributed by atoms with E-state index in [1.807, 2.05) is 11.3 Å². The summed E-state index contributed by atoms with van der Waals surface area (Å²) in [5, 5.41) is 4.21. The molecule has 0 bridgehead atoms. The van der Waals surface area contributed by atoms with E-state index >= 15 is 0 Å². The summed E-state index contributed by atoms with van der Waals surface area (Å²) in [5.74, 6) is 1.31. The molecule has 1 aliphatic heterocycles. The number of furan rings is 1. The summed E-state index contributed by atoms with van der Waals surface area (Å²) in [6.07, 6.45) is 6.82. The number of fused-ring (bicyclic) bond motifs is 3. The zero-order valence-corrected chi connectivity index (χ0v) is 16.5. The average Bonchev–Trinajstić information content (AvgIpc) is 3.45. The summed E-state index contributed by atoms with van der Waals surface area (Å²) in [6, 6.07) is 3.40. The second-order valence-electron chi connectivity index (χ2n) is 7.30. The summed E-state index contributed by atoms with van der Waals surface area (Å²) in [5.41, 5.74) is 1.48. The third-order valence-corrected chi connectivity index (χ3v) is 6.81. The van der Waals surface area contributed by atoms with E-state index in [-0.39, 0.29) is 5.91 Å². The number of nitrogens with zero attached hydrogens (tertiary/aromatic N) is 4.